The third-order valence-corrected chi connectivity index (χ3v) is 4.59. The number of carbonyl (C=O) groups is 1. The lowest BCUT2D eigenvalue weighted by Crippen LogP contribution is -2.22. The van der Waals surface area contributed by atoms with Gasteiger partial charge in [0.15, 0.2) is 0 Å². The van der Waals surface area contributed by atoms with Gasteiger partial charge in [-0.1, -0.05) is 66.2 Å². The second kappa shape index (κ2) is 10.0. The third kappa shape index (κ3) is 6.01. The summed E-state index contributed by atoms with van der Waals surface area (Å²) in [5.74, 6) is -0.995. The van der Waals surface area contributed by atoms with Crippen LogP contribution in [0, 0.1) is 6.92 Å². The molecule has 0 spiro atoms. The van der Waals surface area contributed by atoms with Crippen molar-refractivity contribution in [3.05, 3.63) is 95.1 Å². The number of aryl methyl sites for hydroxylation is 2. The Morgan fingerprint density at radius 3 is 2.55 bits per heavy atom. The highest BCUT2D eigenvalue weighted by Gasteiger charge is 2.07. The number of nitrogens with one attached hydrogen (secondary N) is 1. The lowest BCUT2D eigenvalue weighted by molar-refractivity contribution is 0.0697. The van der Waals surface area contributed by atoms with E-state index in [0.717, 1.165) is 22.3 Å². The first-order valence-corrected chi connectivity index (χ1v) is 9.49. The van der Waals surface area contributed by atoms with Crippen LogP contribution in [0.5, 0.6) is 0 Å². The zero-order valence-corrected chi connectivity index (χ0v) is 16.4. The van der Waals surface area contributed by atoms with Gasteiger partial charge in [0, 0.05) is 9.29 Å². The minimum absolute atomic E-state index is 0.0290. The number of hydrogen-bond acceptors (Lipinski definition) is 3. The quantitative estimate of drug-likeness (QED) is 0.497. The molecule has 0 heterocycles. The largest absolute Gasteiger partial charge is 0.478 e. The van der Waals surface area contributed by atoms with Crippen molar-refractivity contribution in [1.82, 2.24) is 5.32 Å². The van der Waals surface area contributed by atoms with E-state index >= 15 is 0 Å². The summed E-state index contributed by atoms with van der Waals surface area (Å²) in [6.07, 6.45) is -3.32. The number of carboxylic acid groups (broad SMARTS) is 1. The molecule has 4 heteroatoms. The van der Waals surface area contributed by atoms with Gasteiger partial charge >= 0.3 is 5.97 Å². The minimum atomic E-state index is -1.85. The molecule has 0 unspecified atom stereocenters. The topological polar surface area (TPSA) is 69.6 Å². The fourth-order valence-electron chi connectivity index (χ4n) is 3.10. The second-order valence-corrected chi connectivity index (χ2v) is 6.93. The SMILES string of the molecule is [2H]C([2H])(CNC[C@]([2H])(O)c1cccc(C)c1)Cc1cccc(-c2cccc(C(=O)O)c2)c1. The van der Waals surface area contributed by atoms with Gasteiger partial charge in [0.05, 0.1) is 13.0 Å². The molecule has 0 aliphatic carbocycles. The van der Waals surface area contributed by atoms with Crippen LogP contribution in [0.4, 0.5) is 0 Å². The maximum absolute atomic E-state index is 11.2. The molecule has 150 valence electrons. The Balaban J connectivity index is 1.64. The van der Waals surface area contributed by atoms with Gasteiger partial charge < -0.3 is 15.5 Å². The molecule has 0 saturated heterocycles. The molecular weight excluding hydrogens is 362 g/mol. The van der Waals surface area contributed by atoms with Gasteiger partial charge in [0.2, 0.25) is 0 Å². The Morgan fingerprint density at radius 1 is 1.07 bits per heavy atom. The average Bonchev–Trinajstić information content (AvgIpc) is 2.73. The van der Waals surface area contributed by atoms with Gasteiger partial charge in [-0.15, -0.1) is 0 Å². The van der Waals surface area contributed by atoms with E-state index in [1.165, 1.54) is 6.07 Å². The van der Waals surface area contributed by atoms with Crippen LogP contribution < -0.4 is 5.32 Å². The molecule has 29 heavy (non-hydrogen) atoms. The molecule has 0 saturated carbocycles. The fourth-order valence-corrected chi connectivity index (χ4v) is 3.10. The predicted octanol–water partition coefficient (Wildman–Crippen LogP) is 4.62. The van der Waals surface area contributed by atoms with Crippen LogP contribution in [0.15, 0.2) is 72.8 Å². The molecule has 0 aliphatic rings. The minimum Gasteiger partial charge on any atom is -0.478 e. The number of carboxylic acids is 1. The van der Waals surface area contributed by atoms with Crippen molar-refractivity contribution in [2.75, 3.05) is 13.1 Å². The number of aliphatic hydroxyl groups is 1. The van der Waals surface area contributed by atoms with Crippen LogP contribution >= 0.6 is 0 Å². The van der Waals surface area contributed by atoms with Crippen LogP contribution in [0.25, 0.3) is 11.1 Å². The molecule has 1 atom stereocenters. The zero-order chi connectivity index (χ0) is 23.4. The first kappa shape index (κ1) is 17.0. The predicted molar refractivity (Wildman–Crippen MR) is 116 cm³/mol. The summed E-state index contributed by atoms with van der Waals surface area (Å²) in [7, 11) is 0. The number of benzene rings is 3. The molecule has 3 N–H and O–H groups in total. The van der Waals surface area contributed by atoms with E-state index in [2.05, 4.69) is 5.32 Å². The standard InChI is InChI=1S/C25H27NO3/c1-18-6-2-11-22(14-18)24(27)17-26-13-5-8-19-7-3-9-20(15-19)21-10-4-12-23(16-21)25(28)29/h2-4,6-7,9-12,14-16,24,26-27H,5,8,13,17H2,1H3,(H,28,29)/t24-/m0/s1/i5D2,24D. The smallest absolute Gasteiger partial charge is 0.335 e. The van der Waals surface area contributed by atoms with Crippen molar-refractivity contribution in [3.63, 3.8) is 0 Å². The summed E-state index contributed by atoms with van der Waals surface area (Å²) in [5.41, 5.74) is 3.94. The monoisotopic (exact) mass is 392 g/mol. The average molecular weight is 393 g/mol. The maximum atomic E-state index is 11.2. The van der Waals surface area contributed by atoms with E-state index < -0.39 is 18.4 Å². The van der Waals surface area contributed by atoms with Crippen LogP contribution in [-0.2, 0) is 6.42 Å². The van der Waals surface area contributed by atoms with Crippen LogP contribution in [0.3, 0.4) is 0 Å². The van der Waals surface area contributed by atoms with Crippen LogP contribution in [0.1, 0.15) is 43.6 Å². The van der Waals surface area contributed by atoms with Gasteiger partial charge in [-0.2, -0.15) is 0 Å². The lowest BCUT2D eigenvalue weighted by Gasteiger charge is -2.13. The zero-order valence-electron chi connectivity index (χ0n) is 19.4. The van der Waals surface area contributed by atoms with E-state index in [9.17, 15) is 15.0 Å². The second-order valence-electron chi connectivity index (χ2n) is 6.93. The van der Waals surface area contributed by atoms with Crippen molar-refractivity contribution in [1.29, 1.82) is 0 Å². The van der Waals surface area contributed by atoms with E-state index in [-0.39, 0.29) is 25.1 Å². The van der Waals surface area contributed by atoms with Crippen molar-refractivity contribution in [2.24, 2.45) is 0 Å². The third-order valence-electron chi connectivity index (χ3n) is 4.59. The Labute approximate surface area is 176 Å². The Bertz CT molecular complexity index is 1100. The molecule has 0 bridgehead atoms. The van der Waals surface area contributed by atoms with Crippen molar-refractivity contribution in [2.45, 2.75) is 25.8 Å². The van der Waals surface area contributed by atoms with Crippen LogP contribution in [0.2, 0.25) is 0 Å². The molecule has 0 radical (unpaired) electrons. The highest BCUT2D eigenvalue weighted by Crippen LogP contribution is 2.22. The summed E-state index contributed by atoms with van der Waals surface area (Å²) >= 11 is 0. The van der Waals surface area contributed by atoms with E-state index in [1.807, 2.05) is 43.3 Å². The van der Waals surface area contributed by atoms with Crippen molar-refractivity contribution < 1.29 is 19.1 Å². The van der Waals surface area contributed by atoms with Crippen molar-refractivity contribution in [3.8, 4) is 11.1 Å². The highest BCUT2D eigenvalue weighted by atomic mass is 16.4. The summed E-state index contributed by atoms with van der Waals surface area (Å²) in [4.78, 5) is 11.2. The molecule has 3 rings (SSSR count). The Kier molecular flexibility index (Phi) is 5.85. The van der Waals surface area contributed by atoms with Crippen LogP contribution in [-0.4, -0.2) is 29.3 Å². The Hall–Kier alpha value is -2.95. The molecule has 3 aromatic rings. The first-order valence-electron chi connectivity index (χ1n) is 11.0. The number of aromatic carboxylic acids is 1. The summed E-state index contributed by atoms with van der Waals surface area (Å²) in [6, 6.07) is 21.1. The van der Waals surface area contributed by atoms with E-state index in [0.29, 0.717) is 5.56 Å². The molecule has 0 fully saturated rings. The lowest BCUT2D eigenvalue weighted by atomic mass is 9.99. The van der Waals surface area contributed by atoms with Crippen molar-refractivity contribution >= 4 is 5.97 Å². The van der Waals surface area contributed by atoms with Gasteiger partial charge in [-0.25, -0.2) is 4.79 Å². The highest BCUT2D eigenvalue weighted by molar-refractivity contribution is 5.89. The normalized spacial score (nSPS) is 15.0. The van der Waals surface area contributed by atoms with Gasteiger partial charge in [-0.05, 0) is 60.6 Å². The van der Waals surface area contributed by atoms with Gasteiger partial charge in [-0.3, -0.25) is 0 Å². The van der Waals surface area contributed by atoms with E-state index in [1.54, 1.807) is 30.3 Å². The number of hydrogen-bond donors (Lipinski definition) is 3. The molecular formula is C25H27NO3. The summed E-state index contributed by atoms with van der Waals surface area (Å²) < 4.78 is 24.9. The van der Waals surface area contributed by atoms with Gasteiger partial charge in [0.25, 0.3) is 0 Å². The molecule has 0 aromatic heterocycles. The van der Waals surface area contributed by atoms with E-state index in [4.69, 9.17) is 4.11 Å². The molecule has 0 amide bonds. The molecule has 3 aromatic carbocycles. The fraction of sp³-hybridized carbons (Fsp3) is 0.240. The van der Waals surface area contributed by atoms with Gasteiger partial charge in [0.1, 0.15) is 0 Å². The maximum Gasteiger partial charge on any atom is 0.335 e. The first-order chi connectivity index (χ1) is 15.1. The molecule has 0 aliphatic heterocycles. The molecule has 4 nitrogen and oxygen atoms in total. The summed E-state index contributed by atoms with van der Waals surface area (Å²) in [6.45, 7) is 1.76. The number of rotatable bonds is 9. The summed E-state index contributed by atoms with van der Waals surface area (Å²) in [5, 5.41) is 22.6. The Morgan fingerprint density at radius 2 is 1.79 bits per heavy atom.